The molecule has 2 nitrogen and oxygen atoms in total. The van der Waals surface area contributed by atoms with Gasteiger partial charge in [0.15, 0.2) is 0 Å². The maximum absolute atomic E-state index is 4.48. The molecule has 0 atom stereocenters. The van der Waals surface area contributed by atoms with Crippen LogP contribution in [0.3, 0.4) is 0 Å². The molecule has 4 heteroatoms. The van der Waals surface area contributed by atoms with Gasteiger partial charge in [-0.3, -0.25) is 0 Å². The van der Waals surface area contributed by atoms with Gasteiger partial charge in [0.1, 0.15) is 8.07 Å². The van der Waals surface area contributed by atoms with E-state index < -0.39 is 8.07 Å². The minimum atomic E-state index is -1.79. The van der Waals surface area contributed by atoms with Crippen LogP contribution in [0.1, 0.15) is 5.69 Å². The Hall–Kier alpha value is -5.51. The maximum Gasteiger partial charge on any atom is 0.114 e. The summed E-state index contributed by atoms with van der Waals surface area (Å²) in [5, 5.41) is 3.10. The third-order valence-corrected chi connectivity index (χ3v) is 13.5. The summed E-state index contributed by atoms with van der Waals surface area (Å²) in [6, 6.07) is 66.3. The molecule has 53 heavy (non-hydrogen) atoms. The van der Waals surface area contributed by atoms with Crippen LogP contribution in [0.25, 0.3) is 67.0 Å². The number of hydrogen-bond donors (Lipinski definition) is 0. The Morgan fingerprint density at radius 2 is 1.11 bits per heavy atom. The van der Waals surface area contributed by atoms with Gasteiger partial charge in [0, 0.05) is 32.0 Å². The van der Waals surface area contributed by atoms with Crippen molar-refractivity contribution in [2.45, 2.75) is 20.0 Å². The van der Waals surface area contributed by atoms with Crippen molar-refractivity contribution in [1.29, 1.82) is 0 Å². The van der Waals surface area contributed by atoms with E-state index in [2.05, 4.69) is 138 Å². The monoisotopic (exact) mass is 875 g/mol. The summed E-state index contributed by atoms with van der Waals surface area (Å²) in [4.78, 5) is 8.90. The Labute approximate surface area is 327 Å². The minimum absolute atomic E-state index is 0. The number of fused-ring (bicyclic) bond motifs is 3. The quantitative estimate of drug-likeness (QED) is 0.127. The van der Waals surface area contributed by atoms with E-state index in [0.717, 1.165) is 28.2 Å². The van der Waals surface area contributed by atoms with Gasteiger partial charge in [0.05, 0.1) is 0 Å². The van der Waals surface area contributed by atoms with Crippen molar-refractivity contribution in [1.82, 2.24) is 9.97 Å². The number of pyridine rings is 2. The van der Waals surface area contributed by atoms with E-state index >= 15 is 0 Å². The van der Waals surface area contributed by atoms with Gasteiger partial charge in [0.2, 0.25) is 0 Å². The van der Waals surface area contributed by atoms with Crippen LogP contribution < -0.4 is 10.4 Å². The van der Waals surface area contributed by atoms with Gasteiger partial charge in [-0.1, -0.05) is 122 Å². The molecule has 0 unspecified atom stereocenters. The molecule has 2 aromatic heterocycles. The van der Waals surface area contributed by atoms with Crippen molar-refractivity contribution in [2.75, 3.05) is 0 Å². The van der Waals surface area contributed by atoms with Gasteiger partial charge in [-0.15, -0.1) is 71.3 Å². The molecule has 0 aliphatic carbocycles. The summed E-state index contributed by atoms with van der Waals surface area (Å²) in [5.74, 6) is 0. The molecule has 1 aliphatic heterocycles. The third kappa shape index (κ3) is 7.40. The Balaban J connectivity index is 0.000000263. The van der Waals surface area contributed by atoms with Crippen molar-refractivity contribution in [3.63, 3.8) is 0 Å². The zero-order valence-electron chi connectivity index (χ0n) is 30.0. The molecule has 1 aliphatic rings. The van der Waals surface area contributed by atoms with Crippen LogP contribution in [0.2, 0.25) is 13.1 Å². The predicted octanol–water partition coefficient (Wildman–Crippen LogP) is 11.2. The van der Waals surface area contributed by atoms with Crippen molar-refractivity contribution in [3.05, 3.63) is 194 Å². The first-order chi connectivity index (χ1) is 25.5. The molecule has 259 valence electrons. The molecular weight excluding hydrogens is 837 g/mol. The van der Waals surface area contributed by atoms with Gasteiger partial charge in [0.25, 0.3) is 0 Å². The number of aryl methyl sites for hydroxylation is 1. The summed E-state index contributed by atoms with van der Waals surface area (Å²) in [5.41, 5.74) is 15.3. The van der Waals surface area contributed by atoms with E-state index in [1.54, 1.807) is 10.4 Å². The van der Waals surface area contributed by atoms with E-state index in [9.17, 15) is 0 Å². The first kappa shape index (κ1) is 35.9. The molecule has 0 spiro atoms. The van der Waals surface area contributed by atoms with E-state index in [-0.39, 0.29) is 20.1 Å². The van der Waals surface area contributed by atoms with Crippen molar-refractivity contribution < 1.29 is 20.1 Å². The Morgan fingerprint density at radius 3 is 1.87 bits per heavy atom. The van der Waals surface area contributed by atoms with E-state index in [0.29, 0.717) is 0 Å². The van der Waals surface area contributed by atoms with Crippen LogP contribution in [-0.2, 0) is 20.1 Å². The molecule has 8 aromatic rings. The van der Waals surface area contributed by atoms with Crippen molar-refractivity contribution >= 4 is 18.4 Å². The molecule has 0 fully saturated rings. The summed E-state index contributed by atoms with van der Waals surface area (Å²) < 4.78 is 0. The Bertz CT molecular complexity index is 2490. The second kappa shape index (κ2) is 15.6. The fraction of sp³-hybridized carbons (Fsp3) is 0.0612. The molecule has 0 bridgehead atoms. The molecule has 1 radical (unpaired) electrons. The van der Waals surface area contributed by atoms with Crippen molar-refractivity contribution in [2.24, 2.45) is 0 Å². The zero-order chi connectivity index (χ0) is 35.5. The van der Waals surface area contributed by atoms with Gasteiger partial charge in [-0.2, -0.15) is 0 Å². The predicted molar refractivity (Wildman–Crippen MR) is 220 cm³/mol. The number of rotatable bonds is 5. The second-order valence-corrected chi connectivity index (χ2v) is 18.0. The normalized spacial score (nSPS) is 12.1. The summed E-state index contributed by atoms with van der Waals surface area (Å²) in [6.07, 6.45) is 1.82. The van der Waals surface area contributed by atoms with E-state index in [4.69, 9.17) is 0 Å². The average Bonchev–Trinajstić information content (AvgIpc) is 3.45. The van der Waals surface area contributed by atoms with Gasteiger partial charge in [-0.05, 0) is 85.8 Å². The average molecular weight is 875 g/mol. The number of nitrogens with zero attached hydrogens (tertiary/aromatic N) is 2. The fourth-order valence-corrected chi connectivity index (χ4v) is 10.8. The smallest absolute Gasteiger partial charge is 0.114 e. The van der Waals surface area contributed by atoms with E-state index in [1.165, 1.54) is 44.5 Å². The summed E-state index contributed by atoms with van der Waals surface area (Å²) in [7, 11) is -1.79. The number of hydrogen-bond acceptors (Lipinski definition) is 2. The van der Waals surface area contributed by atoms with Gasteiger partial charge >= 0.3 is 0 Å². The summed E-state index contributed by atoms with van der Waals surface area (Å²) >= 11 is 0. The maximum atomic E-state index is 4.48. The summed E-state index contributed by atoms with van der Waals surface area (Å²) in [6.45, 7) is 6.97. The molecule has 6 aromatic carbocycles. The molecule has 0 amide bonds. The van der Waals surface area contributed by atoms with Gasteiger partial charge < -0.3 is 9.97 Å². The standard InChI is InChI=1S/C37H28NSi.C12H10N.Ir/c1-39(2)36-18-4-3-14-33(36)34-16-9-15-32(37(34)39)30-12-7-10-28(24-30)26-19-21-27(22-20-26)29-11-8-13-31(25-29)35-17-5-6-23-38-35;1-10-6-5-9-12(13-10)11-7-3-2-4-8-11;/h3-12,14-25H,1-2H3;2-7,9H,1H3;/q2*-1;. The van der Waals surface area contributed by atoms with Crippen LogP contribution in [0.4, 0.5) is 0 Å². The molecule has 0 saturated heterocycles. The zero-order valence-corrected chi connectivity index (χ0v) is 33.4. The first-order valence-corrected chi connectivity index (χ1v) is 20.7. The van der Waals surface area contributed by atoms with Gasteiger partial charge in [-0.25, -0.2) is 0 Å². The van der Waals surface area contributed by atoms with Crippen molar-refractivity contribution in [3.8, 4) is 67.0 Å². The van der Waals surface area contributed by atoms with E-state index in [1.807, 2.05) is 79.9 Å². The van der Waals surface area contributed by atoms with Crippen LogP contribution in [0.5, 0.6) is 0 Å². The van der Waals surface area contributed by atoms with Crippen LogP contribution in [0, 0.1) is 19.1 Å². The number of aromatic nitrogens is 2. The molecule has 9 rings (SSSR count). The third-order valence-electron chi connectivity index (χ3n) is 9.92. The minimum Gasteiger partial charge on any atom is -0.305 e. The van der Waals surface area contributed by atoms with Crippen LogP contribution >= 0.6 is 0 Å². The topological polar surface area (TPSA) is 25.8 Å². The SMILES string of the molecule is C[Si]1(C)c2ccccc2-c2cccc(-c3cccc(-c4ccc(-c5cc[c-]c(-c6ccccn6)c5)cc4)c3)c21.Cc1cccc(-c2[c-]cccc2)n1.[Ir]. The second-order valence-electron chi connectivity index (χ2n) is 13.7. The molecular formula is C49H38IrN2Si-2. The fourth-order valence-electron chi connectivity index (χ4n) is 7.37. The Kier molecular flexibility index (Phi) is 10.6. The van der Waals surface area contributed by atoms with Crippen LogP contribution in [0.15, 0.2) is 176 Å². The largest absolute Gasteiger partial charge is 0.305 e. The first-order valence-electron chi connectivity index (χ1n) is 17.7. The molecule has 0 saturated carbocycles. The molecule has 3 heterocycles. The number of benzene rings is 6. The Morgan fingerprint density at radius 1 is 0.472 bits per heavy atom. The molecule has 0 N–H and O–H groups in total. The van der Waals surface area contributed by atoms with Crippen LogP contribution in [-0.4, -0.2) is 18.0 Å².